The minimum absolute atomic E-state index is 0.00530. The second-order valence-electron chi connectivity index (χ2n) is 7.84. The van der Waals surface area contributed by atoms with E-state index in [4.69, 9.17) is 9.15 Å². The molecule has 3 rings (SSSR count). The molecule has 1 aromatic heterocycles. The molecule has 1 heterocycles. The van der Waals surface area contributed by atoms with Crippen LogP contribution in [0.3, 0.4) is 0 Å². The standard InChI is InChI=1S/C26H26N2O5/c1-17(2)16-33-22-12-8-20(9-13-22)25(30)28-24(15-23-5-4-14-32-23)26(31)27-21-10-6-19(7-11-21)18(3)29/h4-15,17H,16H2,1-3H3,(H,27,31)(H,28,30)/b24-15+. The molecule has 7 nitrogen and oxygen atoms in total. The van der Waals surface area contributed by atoms with Crippen molar-refractivity contribution in [2.45, 2.75) is 20.8 Å². The lowest BCUT2D eigenvalue weighted by Crippen LogP contribution is -2.30. The summed E-state index contributed by atoms with van der Waals surface area (Å²) >= 11 is 0. The summed E-state index contributed by atoms with van der Waals surface area (Å²) in [6, 6.07) is 16.5. The SMILES string of the molecule is CC(=O)c1ccc(NC(=O)/C(=C\c2ccco2)NC(=O)c2ccc(OCC(C)C)cc2)cc1. The molecule has 0 spiro atoms. The van der Waals surface area contributed by atoms with Crippen LogP contribution in [-0.4, -0.2) is 24.2 Å². The van der Waals surface area contributed by atoms with Crippen molar-refractivity contribution >= 4 is 29.4 Å². The topological polar surface area (TPSA) is 97.6 Å². The predicted octanol–water partition coefficient (Wildman–Crippen LogP) is 4.93. The van der Waals surface area contributed by atoms with Crippen LogP contribution in [0.1, 0.15) is 47.2 Å². The summed E-state index contributed by atoms with van der Waals surface area (Å²) in [5.41, 5.74) is 1.39. The summed E-state index contributed by atoms with van der Waals surface area (Å²) in [5.74, 6) is 0.402. The van der Waals surface area contributed by atoms with Gasteiger partial charge < -0.3 is 19.8 Å². The third kappa shape index (κ3) is 6.93. The van der Waals surface area contributed by atoms with E-state index < -0.39 is 11.8 Å². The molecule has 0 unspecified atom stereocenters. The van der Waals surface area contributed by atoms with Crippen molar-refractivity contribution in [3.63, 3.8) is 0 Å². The van der Waals surface area contributed by atoms with Crippen molar-refractivity contribution in [2.24, 2.45) is 5.92 Å². The van der Waals surface area contributed by atoms with Gasteiger partial charge in [0.05, 0.1) is 12.9 Å². The maximum absolute atomic E-state index is 12.9. The number of ether oxygens (including phenoxy) is 1. The number of nitrogens with one attached hydrogen (secondary N) is 2. The van der Waals surface area contributed by atoms with E-state index in [0.717, 1.165) is 0 Å². The Morgan fingerprint density at radius 2 is 1.64 bits per heavy atom. The average Bonchev–Trinajstić information content (AvgIpc) is 3.31. The number of benzene rings is 2. The van der Waals surface area contributed by atoms with Gasteiger partial charge in [0.15, 0.2) is 5.78 Å². The van der Waals surface area contributed by atoms with Gasteiger partial charge in [-0.05, 0) is 73.5 Å². The quantitative estimate of drug-likeness (QED) is 0.359. The number of carbonyl (C=O) groups is 3. The fourth-order valence-corrected chi connectivity index (χ4v) is 2.82. The van der Waals surface area contributed by atoms with Gasteiger partial charge in [-0.25, -0.2) is 0 Å². The van der Waals surface area contributed by atoms with E-state index in [0.29, 0.717) is 40.8 Å². The molecule has 0 radical (unpaired) electrons. The molecule has 2 aromatic carbocycles. The van der Waals surface area contributed by atoms with E-state index in [1.807, 2.05) is 0 Å². The summed E-state index contributed by atoms with van der Waals surface area (Å²) in [6.07, 6.45) is 2.91. The van der Waals surface area contributed by atoms with Crippen LogP contribution in [-0.2, 0) is 4.79 Å². The van der Waals surface area contributed by atoms with Gasteiger partial charge in [-0.15, -0.1) is 0 Å². The third-order valence-electron chi connectivity index (χ3n) is 4.57. The van der Waals surface area contributed by atoms with Crippen LogP contribution in [0.2, 0.25) is 0 Å². The van der Waals surface area contributed by atoms with Gasteiger partial charge in [-0.1, -0.05) is 13.8 Å². The molecule has 0 bridgehead atoms. The molecule has 33 heavy (non-hydrogen) atoms. The van der Waals surface area contributed by atoms with E-state index in [-0.39, 0.29) is 11.5 Å². The molecule has 2 N–H and O–H groups in total. The van der Waals surface area contributed by atoms with Crippen LogP contribution in [0, 0.1) is 5.92 Å². The first-order valence-electron chi connectivity index (χ1n) is 10.5. The average molecular weight is 447 g/mol. The monoisotopic (exact) mass is 446 g/mol. The van der Waals surface area contributed by atoms with E-state index in [2.05, 4.69) is 24.5 Å². The molecule has 7 heteroatoms. The zero-order chi connectivity index (χ0) is 23.8. The number of Topliss-reactive ketones (excluding diaryl/α,β-unsaturated/α-hetero) is 1. The first-order chi connectivity index (χ1) is 15.8. The Morgan fingerprint density at radius 1 is 0.970 bits per heavy atom. The number of ketones is 1. The van der Waals surface area contributed by atoms with Gasteiger partial charge in [0.25, 0.3) is 11.8 Å². The first-order valence-corrected chi connectivity index (χ1v) is 10.5. The zero-order valence-corrected chi connectivity index (χ0v) is 18.8. The van der Waals surface area contributed by atoms with Gasteiger partial charge in [-0.3, -0.25) is 14.4 Å². The molecule has 0 atom stereocenters. The summed E-state index contributed by atoms with van der Waals surface area (Å²) in [4.78, 5) is 37.1. The van der Waals surface area contributed by atoms with Gasteiger partial charge in [-0.2, -0.15) is 0 Å². The second kappa shape index (κ2) is 10.9. The minimum Gasteiger partial charge on any atom is -0.493 e. The summed E-state index contributed by atoms with van der Waals surface area (Å²) in [5, 5.41) is 5.37. The van der Waals surface area contributed by atoms with Crippen molar-refractivity contribution in [3.05, 3.63) is 89.5 Å². The molecule has 0 fully saturated rings. The molecule has 0 aliphatic heterocycles. The van der Waals surface area contributed by atoms with Gasteiger partial charge in [0, 0.05) is 22.9 Å². The van der Waals surface area contributed by atoms with Crippen LogP contribution >= 0.6 is 0 Å². The number of amides is 2. The Hall–Kier alpha value is -4.13. The molecular weight excluding hydrogens is 420 g/mol. The Morgan fingerprint density at radius 3 is 2.21 bits per heavy atom. The second-order valence-corrected chi connectivity index (χ2v) is 7.84. The van der Waals surface area contributed by atoms with Gasteiger partial charge >= 0.3 is 0 Å². The number of carbonyl (C=O) groups excluding carboxylic acids is 3. The number of anilines is 1. The van der Waals surface area contributed by atoms with Crippen molar-refractivity contribution in [2.75, 3.05) is 11.9 Å². The molecular formula is C26H26N2O5. The Balaban J connectivity index is 1.74. The highest BCUT2D eigenvalue weighted by Gasteiger charge is 2.16. The Labute approximate surface area is 192 Å². The molecule has 2 amide bonds. The summed E-state index contributed by atoms with van der Waals surface area (Å²) < 4.78 is 10.9. The third-order valence-corrected chi connectivity index (χ3v) is 4.57. The van der Waals surface area contributed by atoms with Crippen molar-refractivity contribution < 1.29 is 23.5 Å². The maximum atomic E-state index is 12.9. The number of hydrogen-bond donors (Lipinski definition) is 2. The lowest BCUT2D eigenvalue weighted by Gasteiger charge is -2.12. The van der Waals surface area contributed by atoms with Crippen molar-refractivity contribution in [3.8, 4) is 5.75 Å². The fraction of sp³-hybridized carbons (Fsp3) is 0.192. The lowest BCUT2D eigenvalue weighted by atomic mass is 10.1. The lowest BCUT2D eigenvalue weighted by molar-refractivity contribution is -0.113. The first kappa shape index (κ1) is 23.5. The van der Waals surface area contributed by atoms with Gasteiger partial charge in [0.1, 0.15) is 17.2 Å². The van der Waals surface area contributed by atoms with E-state index in [1.165, 1.54) is 19.3 Å². The number of hydrogen-bond acceptors (Lipinski definition) is 5. The van der Waals surface area contributed by atoms with Crippen LogP contribution in [0.5, 0.6) is 5.75 Å². The van der Waals surface area contributed by atoms with Gasteiger partial charge in [0.2, 0.25) is 0 Å². The van der Waals surface area contributed by atoms with E-state index >= 15 is 0 Å². The highest BCUT2D eigenvalue weighted by atomic mass is 16.5. The smallest absolute Gasteiger partial charge is 0.272 e. The molecule has 0 saturated heterocycles. The van der Waals surface area contributed by atoms with E-state index in [9.17, 15) is 14.4 Å². The predicted molar refractivity (Wildman–Crippen MR) is 126 cm³/mol. The van der Waals surface area contributed by atoms with Crippen LogP contribution in [0.25, 0.3) is 6.08 Å². The van der Waals surface area contributed by atoms with Crippen LogP contribution in [0.4, 0.5) is 5.69 Å². The van der Waals surface area contributed by atoms with E-state index in [1.54, 1.807) is 60.7 Å². The summed E-state index contributed by atoms with van der Waals surface area (Å²) in [7, 11) is 0. The normalized spacial score (nSPS) is 11.2. The zero-order valence-electron chi connectivity index (χ0n) is 18.8. The Bertz CT molecular complexity index is 1130. The summed E-state index contributed by atoms with van der Waals surface area (Å²) in [6.45, 7) is 6.15. The Kier molecular flexibility index (Phi) is 7.81. The minimum atomic E-state index is -0.535. The largest absolute Gasteiger partial charge is 0.493 e. The van der Waals surface area contributed by atoms with Crippen molar-refractivity contribution in [1.29, 1.82) is 0 Å². The molecule has 3 aromatic rings. The molecule has 170 valence electrons. The molecule has 0 aliphatic carbocycles. The highest BCUT2D eigenvalue weighted by Crippen LogP contribution is 2.16. The highest BCUT2D eigenvalue weighted by molar-refractivity contribution is 6.10. The number of furan rings is 1. The molecule has 0 saturated carbocycles. The maximum Gasteiger partial charge on any atom is 0.272 e. The van der Waals surface area contributed by atoms with Crippen LogP contribution in [0.15, 0.2) is 77.0 Å². The number of rotatable bonds is 9. The van der Waals surface area contributed by atoms with Crippen LogP contribution < -0.4 is 15.4 Å². The van der Waals surface area contributed by atoms with Crippen molar-refractivity contribution in [1.82, 2.24) is 5.32 Å². The molecule has 0 aliphatic rings. The fourth-order valence-electron chi connectivity index (χ4n) is 2.82.